The fraction of sp³-hybridized carbons (Fsp3) is 0.667. The van der Waals surface area contributed by atoms with Gasteiger partial charge < -0.3 is 5.32 Å². The predicted octanol–water partition coefficient (Wildman–Crippen LogP) is 4.60. The molecule has 0 radical (unpaired) electrons. The maximum absolute atomic E-state index is 3.58. The van der Waals surface area contributed by atoms with E-state index in [1.807, 2.05) is 0 Å². The third-order valence-electron chi connectivity index (χ3n) is 3.57. The van der Waals surface area contributed by atoms with E-state index in [1.54, 1.807) is 0 Å². The van der Waals surface area contributed by atoms with Crippen LogP contribution in [-0.4, -0.2) is 12.1 Å². The van der Waals surface area contributed by atoms with Crippen molar-refractivity contribution in [2.75, 3.05) is 6.54 Å². The van der Waals surface area contributed by atoms with Gasteiger partial charge in [0.15, 0.2) is 0 Å². The Balaban J connectivity index is 2.48. The van der Waals surface area contributed by atoms with E-state index in [1.165, 1.54) is 17.5 Å². The Hall–Kier alpha value is -0.820. The van der Waals surface area contributed by atoms with Gasteiger partial charge in [-0.2, -0.15) is 0 Å². The molecule has 0 bridgehead atoms. The molecule has 0 aliphatic carbocycles. The quantitative estimate of drug-likeness (QED) is 0.789. The molecule has 1 rings (SSSR count). The van der Waals surface area contributed by atoms with Crippen LogP contribution in [0.1, 0.15) is 59.1 Å². The maximum atomic E-state index is 3.58. The third kappa shape index (κ3) is 6.77. The van der Waals surface area contributed by atoms with Crippen molar-refractivity contribution in [1.29, 1.82) is 0 Å². The first-order valence-corrected chi connectivity index (χ1v) is 7.55. The van der Waals surface area contributed by atoms with E-state index in [-0.39, 0.29) is 5.54 Å². The van der Waals surface area contributed by atoms with Gasteiger partial charge in [-0.1, -0.05) is 45.0 Å². The molecular weight excluding hydrogens is 230 g/mol. The molecule has 1 N–H and O–H groups in total. The van der Waals surface area contributed by atoms with Crippen LogP contribution in [0.4, 0.5) is 0 Å². The first kappa shape index (κ1) is 16.2. The number of aryl methyl sites for hydroxylation is 1. The highest BCUT2D eigenvalue weighted by Crippen LogP contribution is 2.26. The molecule has 1 heteroatoms. The SMILES string of the molecule is CCc1ccc(CC(C)(C)CCNC(C)(C)C)cc1. The van der Waals surface area contributed by atoms with Crippen molar-refractivity contribution >= 4 is 0 Å². The molecule has 1 nitrogen and oxygen atoms in total. The molecule has 19 heavy (non-hydrogen) atoms. The van der Waals surface area contributed by atoms with Crippen LogP contribution in [0.25, 0.3) is 0 Å². The Bertz CT molecular complexity index is 368. The standard InChI is InChI=1S/C18H31N/c1-7-15-8-10-16(11-9-15)14-18(5,6)12-13-19-17(2,3)4/h8-11,19H,7,12-14H2,1-6H3. The first-order valence-electron chi connectivity index (χ1n) is 7.55. The lowest BCUT2D eigenvalue weighted by atomic mass is 9.82. The number of benzene rings is 1. The number of rotatable bonds is 6. The number of hydrogen-bond donors (Lipinski definition) is 1. The molecule has 0 atom stereocenters. The third-order valence-corrected chi connectivity index (χ3v) is 3.57. The lowest BCUT2D eigenvalue weighted by Gasteiger charge is -2.28. The average molecular weight is 261 g/mol. The van der Waals surface area contributed by atoms with Gasteiger partial charge in [-0.15, -0.1) is 0 Å². The van der Waals surface area contributed by atoms with E-state index in [0.29, 0.717) is 5.41 Å². The highest BCUT2D eigenvalue weighted by molar-refractivity contribution is 5.23. The summed E-state index contributed by atoms with van der Waals surface area (Å²) >= 11 is 0. The maximum Gasteiger partial charge on any atom is 0.00965 e. The lowest BCUT2D eigenvalue weighted by Crippen LogP contribution is -2.38. The van der Waals surface area contributed by atoms with Crippen LogP contribution < -0.4 is 5.32 Å². The van der Waals surface area contributed by atoms with Gasteiger partial charge in [-0.3, -0.25) is 0 Å². The largest absolute Gasteiger partial charge is 0.312 e. The van der Waals surface area contributed by atoms with Gasteiger partial charge in [0.25, 0.3) is 0 Å². The summed E-state index contributed by atoms with van der Waals surface area (Å²) in [6.07, 6.45) is 3.49. The molecule has 0 unspecified atom stereocenters. The molecule has 0 aliphatic heterocycles. The van der Waals surface area contributed by atoms with Crippen LogP contribution in [0.15, 0.2) is 24.3 Å². The zero-order valence-electron chi connectivity index (χ0n) is 13.6. The van der Waals surface area contributed by atoms with Crippen LogP contribution in [0.5, 0.6) is 0 Å². The summed E-state index contributed by atoms with van der Waals surface area (Å²) in [5.41, 5.74) is 3.46. The topological polar surface area (TPSA) is 12.0 Å². The highest BCUT2D eigenvalue weighted by atomic mass is 14.9. The van der Waals surface area contributed by atoms with Crippen LogP contribution in [-0.2, 0) is 12.8 Å². The van der Waals surface area contributed by atoms with Crippen molar-refractivity contribution in [3.63, 3.8) is 0 Å². The van der Waals surface area contributed by atoms with Gasteiger partial charge in [-0.25, -0.2) is 0 Å². The van der Waals surface area contributed by atoms with E-state index in [0.717, 1.165) is 19.4 Å². The second kappa shape index (κ2) is 6.56. The molecule has 0 aliphatic rings. The van der Waals surface area contributed by atoms with Crippen molar-refractivity contribution in [2.45, 2.75) is 66.3 Å². The molecular formula is C18H31N. The van der Waals surface area contributed by atoms with Crippen molar-refractivity contribution in [2.24, 2.45) is 5.41 Å². The van der Waals surface area contributed by atoms with Crippen LogP contribution in [0.3, 0.4) is 0 Å². The van der Waals surface area contributed by atoms with E-state index >= 15 is 0 Å². The van der Waals surface area contributed by atoms with Gasteiger partial charge in [0.2, 0.25) is 0 Å². The van der Waals surface area contributed by atoms with Gasteiger partial charge in [0, 0.05) is 5.54 Å². The van der Waals surface area contributed by atoms with Crippen molar-refractivity contribution in [3.05, 3.63) is 35.4 Å². The molecule has 0 saturated heterocycles. The highest BCUT2D eigenvalue weighted by Gasteiger charge is 2.19. The van der Waals surface area contributed by atoms with E-state index in [9.17, 15) is 0 Å². The fourth-order valence-electron chi connectivity index (χ4n) is 2.31. The second-order valence-corrected chi connectivity index (χ2v) is 7.44. The zero-order chi connectivity index (χ0) is 14.5. The summed E-state index contributed by atoms with van der Waals surface area (Å²) in [6, 6.07) is 9.10. The number of hydrogen-bond acceptors (Lipinski definition) is 1. The summed E-state index contributed by atoms with van der Waals surface area (Å²) in [6.45, 7) is 14.7. The van der Waals surface area contributed by atoms with Crippen LogP contribution in [0.2, 0.25) is 0 Å². The Morgan fingerprint density at radius 3 is 1.89 bits per heavy atom. The molecule has 0 fully saturated rings. The summed E-state index contributed by atoms with van der Waals surface area (Å²) < 4.78 is 0. The van der Waals surface area contributed by atoms with Crippen molar-refractivity contribution in [1.82, 2.24) is 5.32 Å². The minimum absolute atomic E-state index is 0.221. The smallest absolute Gasteiger partial charge is 0.00965 e. The summed E-state index contributed by atoms with van der Waals surface area (Å²) in [5, 5.41) is 3.58. The van der Waals surface area contributed by atoms with Crippen LogP contribution >= 0.6 is 0 Å². The Kier molecular flexibility index (Phi) is 5.61. The van der Waals surface area contributed by atoms with Gasteiger partial charge in [-0.05, 0) is 63.1 Å². The molecule has 1 aromatic carbocycles. The fourth-order valence-corrected chi connectivity index (χ4v) is 2.31. The summed E-state index contributed by atoms with van der Waals surface area (Å²) in [4.78, 5) is 0. The Labute approximate surface area is 119 Å². The van der Waals surface area contributed by atoms with E-state index < -0.39 is 0 Å². The van der Waals surface area contributed by atoms with Crippen molar-refractivity contribution in [3.8, 4) is 0 Å². The average Bonchev–Trinajstić information content (AvgIpc) is 2.27. The minimum Gasteiger partial charge on any atom is -0.312 e. The summed E-state index contributed by atoms with van der Waals surface area (Å²) in [5.74, 6) is 0. The monoisotopic (exact) mass is 261 g/mol. The molecule has 0 heterocycles. The molecule has 1 aromatic rings. The normalized spacial score (nSPS) is 12.7. The van der Waals surface area contributed by atoms with Crippen molar-refractivity contribution < 1.29 is 0 Å². The summed E-state index contributed by atoms with van der Waals surface area (Å²) in [7, 11) is 0. The molecule has 0 spiro atoms. The first-order chi connectivity index (χ1) is 8.72. The Morgan fingerprint density at radius 2 is 1.42 bits per heavy atom. The van der Waals surface area contributed by atoms with Crippen LogP contribution in [0, 0.1) is 5.41 Å². The van der Waals surface area contributed by atoms with Gasteiger partial charge >= 0.3 is 0 Å². The molecule has 108 valence electrons. The van der Waals surface area contributed by atoms with E-state index in [4.69, 9.17) is 0 Å². The van der Waals surface area contributed by atoms with E-state index in [2.05, 4.69) is 71.1 Å². The Morgan fingerprint density at radius 1 is 0.895 bits per heavy atom. The molecule has 0 aromatic heterocycles. The molecule has 0 saturated carbocycles. The van der Waals surface area contributed by atoms with Gasteiger partial charge in [0.1, 0.15) is 0 Å². The minimum atomic E-state index is 0.221. The second-order valence-electron chi connectivity index (χ2n) is 7.44. The lowest BCUT2D eigenvalue weighted by molar-refractivity contribution is 0.302. The van der Waals surface area contributed by atoms with Gasteiger partial charge in [0.05, 0.1) is 0 Å². The predicted molar refractivity (Wildman–Crippen MR) is 85.7 cm³/mol. The number of nitrogens with one attached hydrogen (secondary N) is 1. The zero-order valence-corrected chi connectivity index (χ0v) is 13.6. The molecule has 0 amide bonds.